The Morgan fingerprint density at radius 3 is 2.17 bits per heavy atom. The number of amides is 3. The minimum Gasteiger partial charge on any atom is -0.318 e. The first-order valence-electron chi connectivity index (χ1n) is 9.87. The van der Waals surface area contributed by atoms with Crippen molar-refractivity contribution in [2.75, 3.05) is 22.1 Å². The van der Waals surface area contributed by atoms with Gasteiger partial charge >= 0.3 is 11.8 Å². The molecule has 0 bridgehead atoms. The minimum absolute atomic E-state index is 0.0888. The van der Waals surface area contributed by atoms with Crippen molar-refractivity contribution in [3.05, 3.63) is 52.6 Å². The van der Waals surface area contributed by atoms with Gasteiger partial charge in [0, 0.05) is 30.0 Å². The molecule has 2 aromatic rings. The second kappa shape index (κ2) is 8.47. The van der Waals surface area contributed by atoms with E-state index < -0.39 is 11.8 Å². The topological polar surface area (TPSA) is 78.5 Å². The molecule has 0 atom stereocenters. The number of piperidine rings is 1. The maximum absolute atomic E-state index is 12.4. The maximum Gasteiger partial charge on any atom is 0.314 e. The fraction of sp³-hybridized carbons (Fsp3) is 0.348. The lowest BCUT2D eigenvalue weighted by atomic mass is 10.1. The van der Waals surface area contributed by atoms with Gasteiger partial charge in [0.15, 0.2) is 0 Å². The monoisotopic (exact) mass is 393 g/mol. The van der Waals surface area contributed by atoms with Gasteiger partial charge in [0.1, 0.15) is 0 Å². The number of nitrogens with zero attached hydrogens (tertiary/aromatic N) is 1. The molecule has 6 heteroatoms. The molecule has 1 saturated heterocycles. The molecule has 1 heterocycles. The van der Waals surface area contributed by atoms with E-state index in [1.54, 1.807) is 17.0 Å². The maximum atomic E-state index is 12.4. The molecule has 152 valence electrons. The molecule has 2 N–H and O–H groups in total. The smallest absolute Gasteiger partial charge is 0.314 e. The van der Waals surface area contributed by atoms with E-state index in [-0.39, 0.29) is 5.91 Å². The van der Waals surface area contributed by atoms with Gasteiger partial charge in [0.2, 0.25) is 5.91 Å². The third-order valence-corrected chi connectivity index (χ3v) is 5.20. The highest BCUT2D eigenvalue weighted by atomic mass is 16.2. The molecule has 0 radical (unpaired) electrons. The summed E-state index contributed by atoms with van der Waals surface area (Å²) in [5.74, 6) is -1.38. The van der Waals surface area contributed by atoms with Crippen molar-refractivity contribution < 1.29 is 14.4 Å². The van der Waals surface area contributed by atoms with E-state index in [2.05, 4.69) is 10.6 Å². The fourth-order valence-corrected chi connectivity index (χ4v) is 3.77. The van der Waals surface area contributed by atoms with Gasteiger partial charge in [-0.1, -0.05) is 23.8 Å². The molecular weight excluding hydrogens is 366 g/mol. The number of anilines is 3. The Morgan fingerprint density at radius 1 is 0.862 bits per heavy atom. The first-order chi connectivity index (χ1) is 13.8. The van der Waals surface area contributed by atoms with Gasteiger partial charge in [-0.05, 0) is 69.4 Å². The number of carbonyl (C=O) groups is 3. The normalized spacial score (nSPS) is 13.9. The predicted octanol–water partition coefficient (Wildman–Crippen LogP) is 4.01. The molecule has 0 aromatic heterocycles. The van der Waals surface area contributed by atoms with Gasteiger partial charge in [0.05, 0.1) is 0 Å². The van der Waals surface area contributed by atoms with Crippen LogP contribution in [-0.4, -0.2) is 24.3 Å². The van der Waals surface area contributed by atoms with Gasteiger partial charge in [-0.3, -0.25) is 14.4 Å². The zero-order chi connectivity index (χ0) is 21.1. The van der Waals surface area contributed by atoms with Crippen molar-refractivity contribution in [3.8, 4) is 0 Å². The van der Waals surface area contributed by atoms with Crippen LogP contribution in [0.3, 0.4) is 0 Å². The van der Waals surface area contributed by atoms with Crippen LogP contribution in [0.2, 0.25) is 0 Å². The fourth-order valence-electron chi connectivity index (χ4n) is 3.77. The highest BCUT2D eigenvalue weighted by Gasteiger charge is 2.22. The number of carbonyl (C=O) groups excluding carboxylic acids is 3. The average molecular weight is 393 g/mol. The molecule has 0 spiro atoms. The number of hydrogen-bond acceptors (Lipinski definition) is 3. The second-order valence-corrected chi connectivity index (χ2v) is 7.69. The minimum atomic E-state index is -0.746. The summed E-state index contributed by atoms with van der Waals surface area (Å²) < 4.78 is 0. The number of nitrogens with one attached hydrogen (secondary N) is 2. The quantitative estimate of drug-likeness (QED) is 0.773. The second-order valence-electron chi connectivity index (χ2n) is 7.69. The van der Waals surface area contributed by atoms with Crippen molar-refractivity contribution in [1.29, 1.82) is 0 Å². The zero-order valence-electron chi connectivity index (χ0n) is 17.4. The molecule has 2 aromatic carbocycles. The van der Waals surface area contributed by atoms with Gasteiger partial charge in [-0.25, -0.2) is 0 Å². The van der Waals surface area contributed by atoms with Crippen molar-refractivity contribution >= 4 is 34.8 Å². The number of rotatable bonds is 3. The van der Waals surface area contributed by atoms with Crippen molar-refractivity contribution in [1.82, 2.24) is 0 Å². The van der Waals surface area contributed by atoms with Crippen molar-refractivity contribution in [3.63, 3.8) is 0 Å². The van der Waals surface area contributed by atoms with Crippen molar-refractivity contribution in [2.24, 2.45) is 0 Å². The first kappa shape index (κ1) is 20.6. The van der Waals surface area contributed by atoms with Crippen LogP contribution in [0.5, 0.6) is 0 Å². The largest absolute Gasteiger partial charge is 0.318 e. The summed E-state index contributed by atoms with van der Waals surface area (Å²) in [5, 5.41) is 5.35. The van der Waals surface area contributed by atoms with E-state index in [0.717, 1.165) is 40.8 Å². The Bertz CT molecular complexity index is 958. The Balaban J connectivity index is 1.74. The summed E-state index contributed by atoms with van der Waals surface area (Å²) in [6.45, 7) is 8.38. The molecule has 3 amide bonds. The van der Waals surface area contributed by atoms with Gasteiger partial charge in [0.25, 0.3) is 0 Å². The molecule has 3 rings (SSSR count). The van der Waals surface area contributed by atoms with Crippen LogP contribution in [0.25, 0.3) is 0 Å². The van der Waals surface area contributed by atoms with Gasteiger partial charge in [-0.2, -0.15) is 0 Å². The average Bonchev–Trinajstić information content (AvgIpc) is 2.66. The zero-order valence-corrected chi connectivity index (χ0v) is 17.4. The lowest BCUT2D eigenvalue weighted by Gasteiger charge is -2.28. The Labute approximate surface area is 171 Å². The Hall–Kier alpha value is -3.15. The van der Waals surface area contributed by atoms with Crippen LogP contribution >= 0.6 is 0 Å². The molecule has 29 heavy (non-hydrogen) atoms. The van der Waals surface area contributed by atoms with Gasteiger partial charge < -0.3 is 15.5 Å². The molecule has 6 nitrogen and oxygen atoms in total. The van der Waals surface area contributed by atoms with E-state index >= 15 is 0 Å². The lowest BCUT2D eigenvalue weighted by Crippen LogP contribution is -2.35. The molecule has 1 aliphatic heterocycles. The first-order valence-corrected chi connectivity index (χ1v) is 9.87. The Kier molecular flexibility index (Phi) is 6.01. The van der Waals surface area contributed by atoms with E-state index in [0.29, 0.717) is 24.3 Å². The highest BCUT2D eigenvalue weighted by Crippen LogP contribution is 2.28. The summed E-state index contributed by atoms with van der Waals surface area (Å²) in [6, 6.07) is 9.26. The summed E-state index contributed by atoms with van der Waals surface area (Å²) in [6.07, 6.45) is 2.40. The van der Waals surface area contributed by atoms with Crippen LogP contribution < -0.4 is 15.5 Å². The van der Waals surface area contributed by atoms with E-state index in [9.17, 15) is 14.4 Å². The summed E-state index contributed by atoms with van der Waals surface area (Å²) in [7, 11) is 0. The molecule has 0 aliphatic carbocycles. The van der Waals surface area contributed by atoms with Crippen LogP contribution in [0.15, 0.2) is 30.3 Å². The van der Waals surface area contributed by atoms with E-state index in [4.69, 9.17) is 0 Å². The van der Waals surface area contributed by atoms with Crippen LogP contribution in [0.1, 0.15) is 41.5 Å². The van der Waals surface area contributed by atoms with Gasteiger partial charge in [-0.15, -0.1) is 0 Å². The summed E-state index contributed by atoms with van der Waals surface area (Å²) >= 11 is 0. The Morgan fingerprint density at radius 2 is 1.52 bits per heavy atom. The van der Waals surface area contributed by atoms with E-state index in [1.165, 1.54) is 0 Å². The van der Waals surface area contributed by atoms with E-state index in [1.807, 2.05) is 45.9 Å². The number of hydrogen-bond donors (Lipinski definition) is 2. The van der Waals surface area contributed by atoms with Crippen LogP contribution in [0.4, 0.5) is 17.1 Å². The SMILES string of the molecule is Cc1cc(C)c(NC(=O)C(=O)Nc2ccc(C)c(N3CCCCC3=O)c2)c(C)c1. The van der Waals surface area contributed by atoms with Crippen molar-refractivity contribution in [2.45, 2.75) is 47.0 Å². The predicted molar refractivity (Wildman–Crippen MR) is 115 cm³/mol. The highest BCUT2D eigenvalue weighted by molar-refractivity contribution is 6.43. The lowest BCUT2D eigenvalue weighted by molar-refractivity contribution is -0.133. The summed E-state index contributed by atoms with van der Waals surface area (Å²) in [4.78, 5) is 38.9. The molecular formula is C23H27N3O3. The molecule has 1 fully saturated rings. The standard InChI is InChI=1S/C23H27N3O3/c1-14-11-16(3)21(17(4)12-14)25-23(29)22(28)24-18-9-8-15(2)19(13-18)26-10-6-5-7-20(26)27/h8-9,11-13H,5-7,10H2,1-4H3,(H,24,28)(H,25,29). The van der Waals surface area contributed by atoms with Crippen LogP contribution in [0, 0.1) is 27.7 Å². The number of benzene rings is 2. The van der Waals surface area contributed by atoms with Crippen LogP contribution in [-0.2, 0) is 14.4 Å². The molecule has 0 unspecified atom stereocenters. The third-order valence-electron chi connectivity index (χ3n) is 5.20. The number of aryl methyl sites for hydroxylation is 4. The molecule has 1 aliphatic rings. The summed E-state index contributed by atoms with van der Waals surface area (Å²) in [5.41, 5.74) is 5.78. The molecule has 0 saturated carbocycles. The third kappa shape index (κ3) is 4.65.